The first-order valence-corrected chi connectivity index (χ1v) is 6.40. The summed E-state index contributed by atoms with van der Waals surface area (Å²) < 4.78 is 0. The van der Waals surface area contributed by atoms with Gasteiger partial charge in [0.2, 0.25) is 5.95 Å². The lowest BCUT2D eigenvalue weighted by molar-refractivity contribution is 0.390. The van der Waals surface area contributed by atoms with Gasteiger partial charge in [-0.2, -0.15) is 9.97 Å². The molecule has 0 saturated heterocycles. The van der Waals surface area contributed by atoms with E-state index in [4.69, 9.17) is 0 Å². The lowest BCUT2D eigenvalue weighted by atomic mass is 10.2. The fourth-order valence-electron chi connectivity index (χ4n) is 1.81. The third kappa shape index (κ3) is 3.31. The van der Waals surface area contributed by atoms with Gasteiger partial charge in [-0.15, -0.1) is 0 Å². The molecule has 1 unspecified atom stereocenters. The molecule has 2 aromatic rings. The minimum atomic E-state index is 0.327. The van der Waals surface area contributed by atoms with E-state index in [9.17, 15) is 0 Å². The molecule has 2 heterocycles. The number of aromatic nitrogens is 4. The van der Waals surface area contributed by atoms with E-state index in [-0.39, 0.29) is 0 Å². The van der Waals surface area contributed by atoms with Crippen molar-refractivity contribution in [1.82, 2.24) is 24.8 Å². The molecule has 3 N–H and O–H groups in total. The fraction of sp³-hybridized carbons (Fsp3) is 0.583. The van der Waals surface area contributed by atoms with Crippen molar-refractivity contribution in [2.24, 2.45) is 0 Å². The molecule has 2 aromatic heterocycles. The summed E-state index contributed by atoms with van der Waals surface area (Å²) in [5.74, 6) is 1.36. The van der Waals surface area contributed by atoms with Crippen molar-refractivity contribution in [3.63, 3.8) is 0 Å². The summed E-state index contributed by atoms with van der Waals surface area (Å²) >= 11 is 0. The summed E-state index contributed by atoms with van der Waals surface area (Å²) in [6.45, 7) is 3.18. The van der Waals surface area contributed by atoms with Crippen LogP contribution in [0.3, 0.4) is 0 Å². The molecule has 19 heavy (non-hydrogen) atoms. The lowest BCUT2D eigenvalue weighted by Crippen LogP contribution is -2.23. The second-order valence-electron chi connectivity index (χ2n) is 4.88. The monoisotopic (exact) mass is 263 g/mol. The minimum absolute atomic E-state index is 0.327. The Labute approximate surface area is 112 Å². The fourth-order valence-corrected chi connectivity index (χ4v) is 1.81. The summed E-state index contributed by atoms with van der Waals surface area (Å²) in [7, 11) is 5.94. The first-order valence-electron chi connectivity index (χ1n) is 6.40. The minimum Gasteiger partial charge on any atom is -0.366 e. The quantitative estimate of drug-likeness (QED) is 0.725. The predicted octanol–water partition coefficient (Wildman–Crippen LogP) is 1.15. The molecule has 2 rings (SSSR count). The summed E-state index contributed by atoms with van der Waals surface area (Å²) in [6.07, 6.45) is 2.68. The van der Waals surface area contributed by atoms with Crippen molar-refractivity contribution >= 4 is 22.9 Å². The van der Waals surface area contributed by atoms with Crippen LogP contribution in [0.2, 0.25) is 0 Å². The molecule has 0 spiro atoms. The Balaban J connectivity index is 2.16. The molecular formula is C12H21N7. The number of anilines is 2. The maximum absolute atomic E-state index is 4.44. The first kappa shape index (κ1) is 13.5. The highest BCUT2D eigenvalue weighted by Crippen LogP contribution is 2.19. The van der Waals surface area contributed by atoms with Crippen LogP contribution in [0.1, 0.15) is 13.3 Å². The molecule has 0 fully saturated rings. The van der Waals surface area contributed by atoms with Crippen LogP contribution in [0.5, 0.6) is 0 Å². The third-order valence-electron chi connectivity index (χ3n) is 2.90. The smallest absolute Gasteiger partial charge is 0.226 e. The van der Waals surface area contributed by atoms with Gasteiger partial charge in [-0.05, 0) is 34.0 Å². The molecule has 0 aliphatic carbocycles. The van der Waals surface area contributed by atoms with Crippen molar-refractivity contribution in [2.75, 3.05) is 38.3 Å². The van der Waals surface area contributed by atoms with E-state index in [0.717, 1.165) is 24.3 Å². The molecule has 0 aromatic carbocycles. The highest BCUT2D eigenvalue weighted by Gasteiger charge is 2.11. The Bertz CT molecular complexity index is 534. The van der Waals surface area contributed by atoms with E-state index in [2.05, 4.69) is 56.5 Å². The van der Waals surface area contributed by atoms with Gasteiger partial charge in [-0.3, -0.25) is 0 Å². The highest BCUT2D eigenvalue weighted by molar-refractivity contribution is 5.83. The molecule has 1 atom stereocenters. The number of fused-ring (bicyclic) bond motifs is 1. The molecule has 0 bridgehead atoms. The molecule has 0 amide bonds. The van der Waals surface area contributed by atoms with Crippen LogP contribution in [0.25, 0.3) is 11.2 Å². The normalized spacial score (nSPS) is 12.9. The van der Waals surface area contributed by atoms with Crippen LogP contribution < -0.4 is 10.6 Å². The number of nitrogens with one attached hydrogen (secondary N) is 3. The van der Waals surface area contributed by atoms with E-state index in [0.29, 0.717) is 17.6 Å². The number of rotatable bonds is 6. The molecular weight excluding hydrogens is 242 g/mol. The lowest BCUT2D eigenvalue weighted by Gasteiger charge is -2.17. The van der Waals surface area contributed by atoms with Gasteiger partial charge in [0.05, 0.1) is 6.33 Å². The second-order valence-corrected chi connectivity index (χ2v) is 4.88. The maximum atomic E-state index is 4.44. The average Bonchev–Trinajstić information content (AvgIpc) is 2.84. The number of imidazole rings is 1. The highest BCUT2D eigenvalue weighted by atomic mass is 15.2. The second kappa shape index (κ2) is 5.83. The summed E-state index contributed by atoms with van der Waals surface area (Å²) in [6, 6.07) is 0.327. The molecule has 0 aliphatic rings. The summed E-state index contributed by atoms with van der Waals surface area (Å²) in [4.78, 5) is 18.1. The maximum Gasteiger partial charge on any atom is 0.226 e. The van der Waals surface area contributed by atoms with Crippen molar-refractivity contribution in [1.29, 1.82) is 0 Å². The topological polar surface area (TPSA) is 81.8 Å². The Morgan fingerprint density at radius 1 is 1.37 bits per heavy atom. The number of hydrogen-bond acceptors (Lipinski definition) is 6. The van der Waals surface area contributed by atoms with Gasteiger partial charge in [0.1, 0.15) is 5.52 Å². The van der Waals surface area contributed by atoms with Gasteiger partial charge in [-0.25, -0.2) is 4.98 Å². The van der Waals surface area contributed by atoms with Crippen LogP contribution in [-0.2, 0) is 0 Å². The Morgan fingerprint density at radius 2 is 2.16 bits per heavy atom. The molecule has 7 nitrogen and oxygen atoms in total. The summed E-state index contributed by atoms with van der Waals surface area (Å²) in [5, 5.41) is 6.36. The van der Waals surface area contributed by atoms with Crippen LogP contribution in [0.15, 0.2) is 6.33 Å². The van der Waals surface area contributed by atoms with Gasteiger partial charge in [0, 0.05) is 13.1 Å². The molecule has 0 radical (unpaired) electrons. The van der Waals surface area contributed by atoms with E-state index < -0.39 is 0 Å². The van der Waals surface area contributed by atoms with Crippen molar-refractivity contribution in [3.05, 3.63) is 6.33 Å². The number of H-pyrrole nitrogens is 1. The zero-order chi connectivity index (χ0) is 13.8. The SMILES string of the molecule is CNc1nc(NC(C)CCN(C)C)c2[nH]cnc2n1. The van der Waals surface area contributed by atoms with Crippen LogP contribution in [0.4, 0.5) is 11.8 Å². The first-order chi connectivity index (χ1) is 9.10. The zero-order valence-corrected chi connectivity index (χ0v) is 11.9. The Morgan fingerprint density at radius 3 is 2.84 bits per heavy atom. The van der Waals surface area contributed by atoms with Crippen LogP contribution in [0, 0.1) is 0 Å². The van der Waals surface area contributed by atoms with Crippen molar-refractivity contribution in [2.45, 2.75) is 19.4 Å². The largest absolute Gasteiger partial charge is 0.366 e. The molecule has 0 saturated carbocycles. The predicted molar refractivity (Wildman–Crippen MR) is 77.5 cm³/mol. The van der Waals surface area contributed by atoms with Gasteiger partial charge in [-0.1, -0.05) is 0 Å². The number of nitrogens with zero attached hydrogens (tertiary/aromatic N) is 4. The zero-order valence-electron chi connectivity index (χ0n) is 11.9. The molecule has 7 heteroatoms. The van der Waals surface area contributed by atoms with E-state index in [1.54, 1.807) is 13.4 Å². The average molecular weight is 263 g/mol. The number of hydrogen-bond donors (Lipinski definition) is 3. The van der Waals surface area contributed by atoms with Crippen LogP contribution >= 0.6 is 0 Å². The van der Waals surface area contributed by atoms with Gasteiger partial charge >= 0.3 is 0 Å². The van der Waals surface area contributed by atoms with Crippen molar-refractivity contribution in [3.8, 4) is 0 Å². The Hall–Kier alpha value is -1.89. The van der Waals surface area contributed by atoms with E-state index in [1.165, 1.54) is 0 Å². The summed E-state index contributed by atoms with van der Waals surface area (Å²) in [5.41, 5.74) is 1.51. The van der Waals surface area contributed by atoms with E-state index in [1.807, 2.05) is 0 Å². The third-order valence-corrected chi connectivity index (χ3v) is 2.90. The number of aromatic amines is 1. The molecule has 0 aliphatic heterocycles. The van der Waals surface area contributed by atoms with Crippen LogP contribution in [-0.4, -0.2) is 58.6 Å². The van der Waals surface area contributed by atoms with Crippen molar-refractivity contribution < 1.29 is 0 Å². The standard InChI is InChI=1S/C12H21N7/c1-8(5-6-19(3)4)16-11-9-10(15-7-14-9)17-12(13-2)18-11/h7-8H,5-6H2,1-4H3,(H3,13,14,15,16,17,18). The van der Waals surface area contributed by atoms with Gasteiger partial charge in [0.15, 0.2) is 11.5 Å². The van der Waals surface area contributed by atoms with E-state index >= 15 is 0 Å². The Kier molecular flexibility index (Phi) is 4.16. The van der Waals surface area contributed by atoms with Gasteiger partial charge in [0.25, 0.3) is 0 Å². The van der Waals surface area contributed by atoms with Gasteiger partial charge < -0.3 is 20.5 Å². The molecule has 104 valence electrons.